The Balaban J connectivity index is 1.98. The van der Waals surface area contributed by atoms with Crippen molar-refractivity contribution in [2.24, 2.45) is 5.73 Å². The molecule has 4 N–H and O–H groups in total. The number of urea groups is 1. The number of hydrogen-bond acceptors (Lipinski definition) is 3. The van der Waals surface area contributed by atoms with Crippen LogP contribution in [0.1, 0.15) is 10.4 Å². The lowest BCUT2D eigenvalue weighted by Gasteiger charge is -2.08. The Kier molecular flexibility index (Phi) is 5.35. The van der Waals surface area contributed by atoms with E-state index in [2.05, 4.69) is 17.2 Å². The van der Waals surface area contributed by atoms with Crippen molar-refractivity contribution in [1.82, 2.24) is 0 Å². The molecule has 0 aliphatic carbocycles. The van der Waals surface area contributed by atoms with Crippen LogP contribution in [0.4, 0.5) is 16.2 Å². The van der Waals surface area contributed by atoms with E-state index in [1.54, 1.807) is 54.6 Å². The highest BCUT2D eigenvalue weighted by molar-refractivity contribution is 6.04. The van der Waals surface area contributed by atoms with Crippen molar-refractivity contribution in [1.29, 1.82) is 0 Å². The normalized spacial score (nSPS) is 9.74. The van der Waals surface area contributed by atoms with Gasteiger partial charge >= 0.3 is 6.03 Å². The molecule has 0 fully saturated rings. The van der Waals surface area contributed by atoms with Crippen LogP contribution in [0.15, 0.2) is 61.2 Å². The molecule has 0 aliphatic heterocycles. The summed E-state index contributed by atoms with van der Waals surface area (Å²) < 4.78 is 5.36. The number of nitrogens with one attached hydrogen (secondary N) is 2. The van der Waals surface area contributed by atoms with Crippen LogP contribution >= 0.6 is 0 Å². The van der Waals surface area contributed by atoms with Gasteiger partial charge in [-0.2, -0.15) is 0 Å². The topological polar surface area (TPSA) is 93.4 Å². The maximum atomic E-state index is 12.1. The molecule has 0 saturated heterocycles. The Labute approximate surface area is 133 Å². The van der Waals surface area contributed by atoms with Crippen molar-refractivity contribution in [3.05, 3.63) is 66.7 Å². The summed E-state index contributed by atoms with van der Waals surface area (Å²) in [5.74, 6) is 0.430. The van der Waals surface area contributed by atoms with Gasteiger partial charge in [-0.15, -0.1) is 0 Å². The SMILES string of the molecule is C=CCOc1ccc(C(=O)Nc2ccc(NC(N)=O)cc2)cc1. The monoisotopic (exact) mass is 311 g/mol. The molecule has 23 heavy (non-hydrogen) atoms. The first-order valence-corrected chi connectivity index (χ1v) is 6.90. The standard InChI is InChI=1S/C17H17N3O3/c1-2-11-23-15-9-3-12(4-10-15)16(21)19-13-5-7-14(8-6-13)20-17(18)22/h2-10H,1,11H2,(H,19,21)(H3,18,20,22). The zero-order valence-electron chi connectivity index (χ0n) is 12.4. The highest BCUT2D eigenvalue weighted by Gasteiger charge is 2.06. The van der Waals surface area contributed by atoms with Gasteiger partial charge in [0, 0.05) is 16.9 Å². The van der Waals surface area contributed by atoms with E-state index in [-0.39, 0.29) is 5.91 Å². The fourth-order valence-electron chi connectivity index (χ4n) is 1.84. The van der Waals surface area contributed by atoms with Crippen molar-refractivity contribution < 1.29 is 14.3 Å². The quantitative estimate of drug-likeness (QED) is 0.716. The number of primary amides is 1. The third-order valence-electron chi connectivity index (χ3n) is 2.89. The summed E-state index contributed by atoms with van der Waals surface area (Å²) in [6, 6.07) is 12.8. The van der Waals surface area contributed by atoms with E-state index in [0.29, 0.717) is 29.3 Å². The first-order chi connectivity index (χ1) is 11.1. The van der Waals surface area contributed by atoms with E-state index in [1.807, 2.05) is 0 Å². The van der Waals surface area contributed by atoms with Crippen LogP contribution in [0.5, 0.6) is 5.75 Å². The molecule has 2 aromatic carbocycles. The van der Waals surface area contributed by atoms with Crippen LogP contribution in [-0.4, -0.2) is 18.5 Å². The summed E-state index contributed by atoms with van der Waals surface area (Å²) in [5, 5.41) is 5.21. The Hall–Kier alpha value is -3.28. The Morgan fingerprint density at radius 2 is 1.57 bits per heavy atom. The fourth-order valence-corrected chi connectivity index (χ4v) is 1.84. The van der Waals surface area contributed by atoms with Gasteiger partial charge in [-0.05, 0) is 48.5 Å². The van der Waals surface area contributed by atoms with Crippen molar-refractivity contribution >= 4 is 23.3 Å². The van der Waals surface area contributed by atoms with Gasteiger partial charge in [0.25, 0.3) is 5.91 Å². The lowest BCUT2D eigenvalue weighted by Crippen LogP contribution is -2.19. The number of rotatable bonds is 6. The minimum atomic E-state index is -0.638. The van der Waals surface area contributed by atoms with Crippen molar-refractivity contribution in [2.75, 3.05) is 17.2 Å². The van der Waals surface area contributed by atoms with Crippen LogP contribution in [0, 0.1) is 0 Å². The molecule has 2 aromatic rings. The van der Waals surface area contributed by atoms with Gasteiger partial charge in [-0.1, -0.05) is 12.7 Å². The number of nitrogens with two attached hydrogens (primary N) is 1. The minimum absolute atomic E-state index is 0.240. The van der Waals surface area contributed by atoms with Crippen LogP contribution in [0.2, 0.25) is 0 Å². The first kappa shape index (κ1) is 16.1. The molecule has 0 atom stereocenters. The van der Waals surface area contributed by atoms with Crippen LogP contribution in [0.25, 0.3) is 0 Å². The van der Waals surface area contributed by atoms with E-state index >= 15 is 0 Å². The highest BCUT2D eigenvalue weighted by atomic mass is 16.5. The molecule has 0 radical (unpaired) electrons. The molecule has 118 valence electrons. The number of amides is 3. The van der Waals surface area contributed by atoms with Gasteiger partial charge in [0.1, 0.15) is 12.4 Å². The zero-order valence-corrected chi connectivity index (χ0v) is 12.4. The summed E-state index contributed by atoms with van der Waals surface area (Å²) in [4.78, 5) is 22.9. The molecule has 0 bridgehead atoms. The highest BCUT2D eigenvalue weighted by Crippen LogP contribution is 2.16. The van der Waals surface area contributed by atoms with Crippen molar-refractivity contribution in [3.8, 4) is 5.75 Å². The second-order valence-corrected chi connectivity index (χ2v) is 4.64. The predicted octanol–water partition coefficient (Wildman–Crippen LogP) is 2.99. The summed E-state index contributed by atoms with van der Waals surface area (Å²) in [6.45, 7) is 3.99. The summed E-state index contributed by atoms with van der Waals surface area (Å²) in [5.41, 5.74) is 6.70. The Morgan fingerprint density at radius 1 is 1.00 bits per heavy atom. The molecule has 0 spiro atoms. The smallest absolute Gasteiger partial charge is 0.316 e. The molecule has 0 unspecified atom stereocenters. The van der Waals surface area contributed by atoms with E-state index in [4.69, 9.17) is 10.5 Å². The summed E-state index contributed by atoms with van der Waals surface area (Å²) in [6.07, 6.45) is 1.65. The number of carbonyl (C=O) groups excluding carboxylic acids is 2. The molecule has 0 aromatic heterocycles. The van der Waals surface area contributed by atoms with Gasteiger partial charge in [-0.3, -0.25) is 4.79 Å². The minimum Gasteiger partial charge on any atom is -0.490 e. The number of carbonyl (C=O) groups is 2. The second kappa shape index (κ2) is 7.65. The zero-order chi connectivity index (χ0) is 16.7. The van der Waals surface area contributed by atoms with Gasteiger partial charge in [0.2, 0.25) is 0 Å². The van der Waals surface area contributed by atoms with Gasteiger partial charge in [0.15, 0.2) is 0 Å². The Bertz CT molecular complexity index is 694. The molecule has 0 aliphatic rings. The third-order valence-corrected chi connectivity index (χ3v) is 2.89. The van der Waals surface area contributed by atoms with E-state index < -0.39 is 6.03 Å². The number of ether oxygens (including phenoxy) is 1. The molecule has 0 saturated carbocycles. The van der Waals surface area contributed by atoms with Gasteiger partial charge in [0.05, 0.1) is 0 Å². The third kappa shape index (κ3) is 4.89. The van der Waals surface area contributed by atoms with Crippen LogP contribution in [-0.2, 0) is 0 Å². The predicted molar refractivity (Wildman–Crippen MR) is 89.7 cm³/mol. The molecule has 6 nitrogen and oxygen atoms in total. The maximum Gasteiger partial charge on any atom is 0.316 e. The largest absolute Gasteiger partial charge is 0.490 e. The lowest BCUT2D eigenvalue weighted by molar-refractivity contribution is 0.102. The first-order valence-electron chi connectivity index (χ1n) is 6.90. The number of hydrogen-bond donors (Lipinski definition) is 3. The maximum absolute atomic E-state index is 12.1. The number of benzene rings is 2. The van der Waals surface area contributed by atoms with E-state index in [9.17, 15) is 9.59 Å². The van der Waals surface area contributed by atoms with Crippen molar-refractivity contribution in [2.45, 2.75) is 0 Å². The molecular formula is C17H17N3O3. The van der Waals surface area contributed by atoms with Crippen molar-refractivity contribution in [3.63, 3.8) is 0 Å². The lowest BCUT2D eigenvalue weighted by atomic mass is 10.2. The average Bonchev–Trinajstić information content (AvgIpc) is 2.54. The number of anilines is 2. The fraction of sp³-hybridized carbons (Fsp3) is 0.0588. The molecule has 6 heteroatoms. The van der Waals surface area contributed by atoms with Crippen LogP contribution in [0.3, 0.4) is 0 Å². The molecular weight excluding hydrogens is 294 g/mol. The molecule has 0 heterocycles. The van der Waals surface area contributed by atoms with Crippen LogP contribution < -0.4 is 21.1 Å². The van der Waals surface area contributed by atoms with Gasteiger partial charge in [-0.25, -0.2) is 4.79 Å². The Morgan fingerprint density at radius 3 is 2.09 bits per heavy atom. The molecule has 2 rings (SSSR count). The van der Waals surface area contributed by atoms with Gasteiger partial charge < -0.3 is 21.1 Å². The van der Waals surface area contributed by atoms with E-state index in [0.717, 1.165) is 0 Å². The second-order valence-electron chi connectivity index (χ2n) is 4.64. The summed E-state index contributed by atoms with van der Waals surface area (Å²) >= 11 is 0. The summed E-state index contributed by atoms with van der Waals surface area (Å²) in [7, 11) is 0. The average molecular weight is 311 g/mol. The van der Waals surface area contributed by atoms with E-state index in [1.165, 1.54) is 0 Å². The molecule has 3 amide bonds.